The fourth-order valence-corrected chi connectivity index (χ4v) is 2.54. The number of piperidine rings is 1. The molecule has 20 heavy (non-hydrogen) atoms. The second-order valence-corrected chi connectivity index (χ2v) is 4.96. The lowest BCUT2D eigenvalue weighted by Crippen LogP contribution is -2.37. The minimum atomic E-state index is -4.40. The van der Waals surface area contributed by atoms with Crippen LogP contribution in [0.1, 0.15) is 36.4 Å². The molecule has 0 unspecified atom stereocenters. The zero-order valence-electron chi connectivity index (χ0n) is 10.9. The smallest absolute Gasteiger partial charge is 0.416 e. The van der Waals surface area contributed by atoms with Crippen LogP contribution in [0, 0.1) is 0 Å². The summed E-state index contributed by atoms with van der Waals surface area (Å²) in [6, 6.07) is 3.54. The number of alkyl halides is 3. The van der Waals surface area contributed by atoms with E-state index in [1.807, 2.05) is 4.90 Å². The van der Waals surface area contributed by atoms with Gasteiger partial charge >= 0.3 is 12.1 Å². The molecule has 0 bridgehead atoms. The molecule has 1 aliphatic heterocycles. The van der Waals surface area contributed by atoms with Crippen molar-refractivity contribution >= 4 is 5.97 Å². The van der Waals surface area contributed by atoms with Gasteiger partial charge < -0.3 is 5.11 Å². The molecule has 1 N–H and O–H groups in total. The van der Waals surface area contributed by atoms with Gasteiger partial charge in [-0.1, -0.05) is 18.6 Å². The Kier molecular flexibility index (Phi) is 4.32. The standard InChI is InChI=1S/C14H16F3NO2/c15-14(16,17)11-6-4-10(5-7-11)12(13(19)20)18-8-2-1-3-9-18/h4-7,12H,1-3,8-9H2,(H,19,20)/t12-/m0/s1. The quantitative estimate of drug-likeness (QED) is 0.927. The van der Waals surface area contributed by atoms with Gasteiger partial charge in [-0.25, -0.2) is 0 Å². The zero-order valence-corrected chi connectivity index (χ0v) is 10.9. The summed E-state index contributed by atoms with van der Waals surface area (Å²) in [6.07, 6.45) is -1.49. The second-order valence-electron chi connectivity index (χ2n) is 4.96. The number of aliphatic carboxylic acids is 1. The molecule has 2 rings (SSSR count). The number of nitrogens with zero attached hydrogens (tertiary/aromatic N) is 1. The van der Waals surface area contributed by atoms with Crippen LogP contribution in [-0.2, 0) is 11.0 Å². The molecular formula is C14H16F3NO2. The predicted molar refractivity (Wildman–Crippen MR) is 67.2 cm³/mol. The van der Waals surface area contributed by atoms with E-state index < -0.39 is 23.8 Å². The molecule has 1 aromatic rings. The average molecular weight is 287 g/mol. The first kappa shape index (κ1) is 14.8. The largest absolute Gasteiger partial charge is 0.480 e. The van der Waals surface area contributed by atoms with E-state index >= 15 is 0 Å². The summed E-state index contributed by atoms with van der Waals surface area (Å²) >= 11 is 0. The molecule has 0 aliphatic carbocycles. The fourth-order valence-electron chi connectivity index (χ4n) is 2.54. The highest BCUT2D eigenvalue weighted by Gasteiger charge is 2.32. The van der Waals surface area contributed by atoms with Crippen LogP contribution in [0.15, 0.2) is 24.3 Å². The van der Waals surface area contributed by atoms with Crippen molar-refractivity contribution in [2.75, 3.05) is 13.1 Å². The molecule has 0 spiro atoms. The molecule has 1 atom stereocenters. The topological polar surface area (TPSA) is 40.5 Å². The molecule has 6 heteroatoms. The molecule has 0 amide bonds. The summed E-state index contributed by atoms with van der Waals surface area (Å²) in [7, 11) is 0. The lowest BCUT2D eigenvalue weighted by molar-refractivity contribution is -0.144. The first-order chi connectivity index (χ1) is 9.39. The van der Waals surface area contributed by atoms with E-state index in [1.165, 1.54) is 12.1 Å². The Morgan fingerprint density at radius 3 is 2.10 bits per heavy atom. The number of hydrogen-bond acceptors (Lipinski definition) is 2. The average Bonchev–Trinajstić information content (AvgIpc) is 2.39. The Balaban J connectivity index is 2.23. The van der Waals surface area contributed by atoms with E-state index in [2.05, 4.69) is 0 Å². The highest BCUT2D eigenvalue weighted by molar-refractivity contribution is 5.75. The Morgan fingerprint density at radius 1 is 1.10 bits per heavy atom. The maximum atomic E-state index is 12.5. The molecular weight excluding hydrogens is 271 g/mol. The number of benzene rings is 1. The third-order valence-electron chi connectivity index (χ3n) is 3.54. The van der Waals surface area contributed by atoms with Crippen molar-refractivity contribution in [2.45, 2.75) is 31.5 Å². The number of hydrogen-bond donors (Lipinski definition) is 1. The van der Waals surface area contributed by atoms with Gasteiger partial charge in [0.2, 0.25) is 0 Å². The molecule has 1 saturated heterocycles. The van der Waals surface area contributed by atoms with Gasteiger partial charge in [0.1, 0.15) is 6.04 Å². The van der Waals surface area contributed by atoms with Crippen LogP contribution >= 0.6 is 0 Å². The van der Waals surface area contributed by atoms with Crippen LogP contribution in [0.2, 0.25) is 0 Å². The van der Waals surface area contributed by atoms with Crippen molar-refractivity contribution in [3.05, 3.63) is 35.4 Å². The predicted octanol–water partition coefficient (Wildman–Crippen LogP) is 3.32. The van der Waals surface area contributed by atoms with Crippen LogP contribution in [0.4, 0.5) is 13.2 Å². The molecule has 3 nitrogen and oxygen atoms in total. The van der Waals surface area contributed by atoms with Gasteiger partial charge in [0.15, 0.2) is 0 Å². The van der Waals surface area contributed by atoms with Gasteiger partial charge in [-0.05, 0) is 43.6 Å². The van der Waals surface area contributed by atoms with Crippen LogP contribution in [-0.4, -0.2) is 29.1 Å². The first-order valence-corrected chi connectivity index (χ1v) is 6.53. The Morgan fingerprint density at radius 2 is 1.65 bits per heavy atom. The molecule has 0 radical (unpaired) electrons. The molecule has 1 aromatic carbocycles. The summed E-state index contributed by atoms with van der Waals surface area (Å²) in [5.74, 6) is -1.02. The van der Waals surface area contributed by atoms with Crippen molar-refractivity contribution in [2.24, 2.45) is 0 Å². The van der Waals surface area contributed by atoms with Crippen molar-refractivity contribution in [1.29, 1.82) is 0 Å². The fraction of sp³-hybridized carbons (Fsp3) is 0.500. The molecule has 0 aromatic heterocycles. The molecule has 1 aliphatic rings. The number of likely N-dealkylation sites (tertiary alicyclic amines) is 1. The molecule has 1 fully saturated rings. The number of carbonyl (C=O) groups is 1. The lowest BCUT2D eigenvalue weighted by atomic mass is 10.0. The third-order valence-corrected chi connectivity index (χ3v) is 3.54. The van der Waals surface area contributed by atoms with Gasteiger partial charge in [-0.3, -0.25) is 9.69 Å². The summed E-state index contributed by atoms with van der Waals surface area (Å²) in [5, 5.41) is 9.34. The summed E-state index contributed by atoms with van der Waals surface area (Å²) in [4.78, 5) is 13.2. The minimum absolute atomic E-state index is 0.396. The van der Waals surface area contributed by atoms with E-state index in [1.54, 1.807) is 0 Å². The third kappa shape index (κ3) is 3.30. The number of rotatable bonds is 3. The highest BCUT2D eigenvalue weighted by atomic mass is 19.4. The van der Waals surface area contributed by atoms with Gasteiger partial charge in [-0.15, -0.1) is 0 Å². The summed E-state index contributed by atoms with van der Waals surface area (Å²) in [5.41, 5.74) is -0.364. The maximum Gasteiger partial charge on any atom is 0.416 e. The van der Waals surface area contributed by atoms with E-state index in [-0.39, 0.29) is 0 Å². The minimum Gasteiger partial charge on any atom is -0.480 e. The van der Waals surface area contributed by atoms with Crippen LogP contribution in [0.25, 0.3) is 0 Å². The number of halogens is 3. The van der Waals surface area contributed by atoms with Crippen LogP contribution in [0.3, 0.4) is 0 Å². The van der Waals surface area contributed by atoms with Crippen molar-refractivity contribution in [1.82, 2.24) is 4.90 Å². The normalized spacial score (nSPS) is 18.8. The van der Waals surface area contributed by atoms with Gasteiger partial charge in [-0.2, -0.15) is 13.2 Å². The van der Waals surface area contributed by atoms with Gasteiger partial charge in [0.25, 0.3) is 0 Å². The van der Waals surface area contributed by atoms with Crippen LogP contribution in [0.5, 0.6) is 0 Å². The summed E-state index contributed by atoms with van der Waals surface area (Å²) in [6.45, 7) is 1.33. The first-order valence-electron chi connectivity index (χ1n) is 6.53. The SMILES string of the molecule is O=C(O)[C@H](c1ccc(C(F)(F)F)cc1)N1CCCCC1. The number of carboxylic acid groups (broad SMARTS) is 1. The van der Waals surface area contributed by atoms with E-state index in [0.29, 0.717) is 18.7 Å². The van der Waals surface area contributed by atoms with Crippen molar-refractivity contribution in [3.8, 4) is 0 Å². The van der Waals surface area contributed by atoms with Crippen LogP contribution < -0.4 is 0 Å². The Labute approximate surface area is 115 Å². The highest BCUT2D eigenvalue weighted by Crippen LogP contribution is 2.31. The molecule has 1 heterocycles. The van der Waals surface area contributed by atoms with Crippen molar-refractivity contribution in [3.63, 3.8) is 0 Å². The van der Waals surface area contributed by atoms with Gasteiger partial charge in [0.05, 0.1) is 5.56 Å². The van der Waals surface area contributed by atoms with E-state index in [4.69, 9.17) is 0 Å². The number of carboxylic acids is 1. The van der Waals surface area contributed by atoms with E-state index in [0.717, 1.165) is 31.4 Å². The zero-order chi connectivity index (χ0) is 14.8. The molecule has 110 valence electrons. The Bertz CT molecular complexity index is 464. The monoisotopic (exact) mass is 287 g/mol. The Hall–Kier alpha value is -1.56. The lowest BCUT2D eigenvalue weighted by Gasteiger charge is -2.32. The second kappa shape index (κ2) is 5.83. The van der Waals surface area contributed by atoms with Gasteiger partial charge in [0, 0.05) is 0 Å². The maximum absolute atomic E-state index is 12.5. The van der Waals surface area contributed by atoms with E-state index in [9.17, 15) is 23.1 Å². The summed E-state index contributed by atoms with van der Waals surface area (Å²) < 4.78 is 37.5. The molecule has 0 saturated carbocycles. The van der Waals surface area contributed by atoms with Crippen molar-refractivity contribution < 1.29 is 23.1 Å².